The number of nitrogens with zero attached hydrogens (tertiary/aromatic N) is 1. The molecule has 124 valence electrons. The number of hydrogen-bond acceptors (Lipinski definition) is 3. The summed E-state index contributed by atoms with van der Waals surface area (Å²) in [4.78, 5) is 4.54. The van der Waals surface area contributed by atoms with Gasteiger partial charge in [-0.15, -0.1) is 0 Å². The molecular formula is C17H29N3O2. The molecule has 5 heteroatoms. The Morgan fingerprint density at radius 1 is 1.09 bits per heavy atom. The summed E-state index contributed by atoms with van der Waals surface area (Å²) >= 11 is 0. The highest BCUT2D eigenvalue weighted by Gasteiger charge is 2.06. The van der Waals surface area contributed by atoms with Gasteiger partial charge in [0.1, 0.15) is 17.6 Å². The van der Waals surface area contributed by atoms with Crippen LogP contribution in [0, 0.1) is 5.92 Å². The Kier molecular flexibility index (Phi) is 8.18. The van der Waals surface area contributed by atoms with Gasteiger partial charge in [0.05, 0.1) is 13.7 Å². The standard InChI is InChI=1S/C17H29N3O2/c1-6-18-17(19-11-13(2)3)20-12-14(4)22-16-9-7-15(21-5)8-10-16/h7-10,13-14H,6,11-12H2,1-5H3,(H2,18,19,20). The first-order valence-corrected chi connectivity index (χ1v) is 7.88. The quantitative estimate of drug-likeness (QED) is 0.573. The fraction of sp³-hybridized carbons (Fsp3) is 0.588. The SMILES string of the molecule is CCNC(=NCC(C)C)NCC(C)Oc1ccc(OC)cc1. The molecule has 0 aliphatic carbocycles. The van der Waals surface area contributed by atoms with Crippen molar-refractivity contribution >= 4 is 5.96 Å². The zero-order chi connectivity index (χ0) is 16.4. The molecule has 1 rings (SSSR count). The van der Waals surface area contributed by atoms with Crippen molar-refractivity contribution < 1.29 is 9.47 Å². The van der Waals surface area contributed by atoms with E-state index in [2.05, 4.69) is 36.4 Å². The van der Waals surface area contributed by atoms with Crippen molar-refractivity contribution in [3.63, 3.8) is 0 Å². The van der Waals surface area contributed by atoms with Gasteiger partial charge in [-0.3, -0.25) is 4.99 Å². The molecule has 2 N–H and O–H groups in total. The van der Waals surface area contributed by atoms with E-state index in [1.54, 1.807) is 7.11 Å². The van der Waals surface area contributed by atoms with Crippen molar-refractivity contribution in [2.24, 2.45) is 10.9 Å². The van der Waals surface area contributed by atoms with Crippen LogP contribution in [-0.4, -0.2) is 38.8 Å². The van der Waals surface area contributed by atoms with Crippen LogP contribution >= 0.6 is 0 Å². The maximum Gasteiger partial charge on any atom is 0.191 e. The summed E-state index contributed by atoms with van der Waals surface area (Å²) < 4.78 is 11.0. The monoisotopic (exact) mass is 307 g/mol. The number of nitrogens with one attached hydrogen (secondary N) is 2. The van der Waals surface area contributed by atoms with E-state index in [0.717, 1.165) is 30.5 Å². The molecule has 0 heterocycles. The maximum atomic E-state index is 5.87. The summed E-state index contributed by atoms with van der Waals surface area (Å²) in [6.07, 6.45) is 0.0382. The summed E-state index contributed by atoms with van der Waals surface area (Å²) in [5, 5.41) is 6.55. The van der Waals surface area contributed by atoms with Gasteiger partial charge >= 0.3 is 0 Å². The Morgan fingerprint density at radius 2 is 1.73 bits per heavy atom. The van der Waals surface area contributed by atoms with Crippen LogP contribution < -0.4 is 20.1 Å². The van der Waals surface area contributed by atoms with Gasteiger partial charge < -0.3 is 20.1 Å². The van der Waals surface area contributed by atoms with E-state index >= 15 is 0 Å². The molecule has 0 saturated carbocycles. The van der Waals surface area contributed by atoms with Crippen LogP contribution in [0.1, 0.15) is 27.7 Å². The third kappa shape index (κ3) is 7.20. The molecule has 0 amide bonds. The summed E-state index contributed by atoms with van der Waals surface area (Å²) in [5.74, 6) is 3.04. The molecular weight excluding hydrogens is 278 g/mol. The Bertz CT molecular complexity index is 444. The fourth-order valence-electron chi connectivity index (χ4n) is 1.78. The van der Waals surface area contributed by atoms with Gasteiger partial charge in [-0.05, 0) is 44.0 Å². The topological polar surface area (TPSA) is 54.9 Å². The number of aliphatic imine (C=N–C) groups is 1. The van der Waals surface area contributed by atoms with Crippen molar-refractivity contribution in [3.8, 4) is 11.5 Å². The molecule has 0 saturated heterocycles. The summed E-state index contributed by atoms with van der Waals surface area (Å²) in [6, 6.07) is 7.61. The van der Waals surface area contributed by atoms with Crippen LogP contribution in [0.5, 0.6) is 11.5 Å². The van der Waals surface area contributed by atoms with Gasteiger partial charge in [0.2, 0.25) is 0 Å². The highest BCUT2D eigenvalue weighted by Crippen LogP contribution is 2.17. The zero-order valence-electron chi connectivity index (χ0n) is 14.3. The van der Waals surface area contributed by atoms with Gasteiger partial charge in [0, 0.05) is 13.1 Å². The highest BCUT2D eigenvalue weighted by atomic mass is 16.5. The van der Waals surface area contributed by atoms with Crippen LogP contribution in [0.4, 0.5) is 0 Å². The molecule has 0 bridgehead atoms. The first-order chi connectivity index (χ1) is 10.5. The molecule has 1 atom stereocenters. The zero-order valence-corrected chi connectivity index (χ0v) is 14.3. The molecule has 0 aliphatic heterocycles. The van der Waals surface area contributed by atoms with Crippen molar-refractivity contribution in [2.45, 2.75) is 33.8 Å². The van der Waals surface area contributed by atoms with E-state index in [9.17, 15) is 0 Å². The lowest BCUT2D eigenvalue weighted by Gasteiger charge is -2.18. The predicted octanol–water partition coefficient (Wildman–Crippen LogP) is 2.67. The fourth-order valence-corrected chi connectivity index (χ4v) is 1.78. The Morgan fingerprint density at radius 3 is 2.27 bits per heavy atom. The molecule has 0 aromatic heterocycles. The summed E-state index contributed by atoms with van der Waals surface area (Å²) in [6.45, 7) is 10.7. The number of hydrogen-bond donors (Lipinski definition) is 2. The second kappa shape index (κ2) is 9.92. The Labute approximate surface area is 134 Å². The average molecular weight is 307 g/mol. The Hall–Kier alpha value is -1.91. The molecule has 0 fully saturated rings. The van der Waals surface area contributed by atoms with Crippen LogP contribution in [0.15, 0.2) is 29.3 Å². The average Bonchev–Trinajstić information content (AvgIpc) is 2.50. The molecule has 22 heavy (non-hydrogen) atoms. The molecule has 0 radical (unpaired) electrons. The van der Waals surface area contributed by atoms with E-state index < -0.39 is 0 Å². The first kappa shape index (κ1) is 18.1. The lowest BCUT2D eigenvalue weighted by molar-refractivity contribution is 0.223. The van der Waals surface area contributed by atoms with Gasteiger partial charge in [-0.25, -0.2) is 0 Å². The number of guanidine groups is 1. The normalized spacial score (nSPS) is 12.9. The maximum absolute atomic E-state index is 5.87. The minimum Gasteiger partial charge on any atom is -0.497 e. The second-order valence-corrected chi connectivity index (χ2v) is 5.60. The van der Waals surface area contributed by atoms with E-state index in [4.69, 9.17) is 9.47 Å². The number of rotatable bonds is 8. The van der Waals surface area contributed by atoms with Crippen LogP contribution in [0.25, 0.3) is 0 Å². The molecule has 5 nitrogen and oxygen atoms in total. The molecule has 1 aromatic carbocycles. The Balaban J connectivity index is 2.44. The van der Waals surface area contributed by atoms with Crippen molar-refractivity contribution in [3.05, 3.63) is 24.3 Å². The van der Waals surface area contributed by atoms with Crippen molar-refractivity contribution in [1.82, 2.24) is 10.6 Å². The van der Waals surface area contributed by atoms with E-state index in [1.807, 2.05) is 31.2 Å². The van der Waals surface area contributed by atoms with Crippen molar-refractivity contribution in [2.75, 3.05) is 26.7 Å². The minimum atomic E-state index is 0.0382. The molecule has 1 aromatic rings. The smallest absolute Gasteiger partial charge is 0.191 e. The van der Waals surface area contributed by atoms with Crippen LogP contribution in [0.3, 0.4) is 0 Å². The van der Waals surface area contributed by atoms with Crippen LogP contribution in [0.2, 0.25) is 0 Å². The first-order valence-electron chi connectivity index (χ1n) is 7.88. The molecule has 0 spiro atoms. The van der Waals surface area contributed by atoms with Crippen molar-refractivity contribution in [1.29, 1.82) is 0 Å². The van der Waals surface area contributed by atoms with E-state index in [-0.39, 0.29) is 6.10 Å². The number of ether oxygens (including phenoxy) is 2. The largest absolute Gasteiger partial charge is 0.497 e. The third-order valence-electron chi connectivity index (χ3n) is 2.91. The predicted molar refractivity (Wildman–Crippen MR) is 91.9 cm³/mol. The lowest BCUT2D eigenvalue weighted by Crippen LogP contribution is -2.42. The highest BCUT2D eigenvalue weighted by molar-refractivity contribution is 5.79. The second-order valence-electron chi connectivity index (χ2n) is 5.60. The van der Waals surface area contributed by atoms with E-state index in [0.29, 0.717) is 12.5 Å². The summed E-state index contributed by atoms with van der Waals surface area (Å²) in [7, 11) is 1.65. The number of methoxy groups -OCH3 is 1. The summed E-state index contributed by atoms with van der Waals surface area (Å²) in [5.41, 5.74) is 0. The molecule has 1 unspecified atom stereocenters. The van der Waals surface area contributed by atoms with Gasteiger partial charge in [0.25, 0.3) is 0 Å². The molecule has 0 aliphatic rings. The van der Waals surface area contributed by atoms with Gasteiger partial charge in [-0.1, -0.05) is 13.8 Å². The van der Waals surface area contributed by atoms with Crippen LogP contribution in [-0.2, 0) is 0 Å². The number of benzene rings is 1. The lowest BCUT2D eigenvalue weighted by atomic mass is 10.2. The minimum absolute atomic E-state index is 0.0382. The van der Waals surface area contributed by atoms with E-state index in [1.165, 1.54) is 0 Å². The van der Waals surface area contributed by atoms with Gasteiger partial charge in [-0.2, -0.15) is 0 Å². The third-order valence-corrected chi connectivity index (χ3v) is 2.91. The van der Waals surface area contributed by atoms with Gasteiger partial charge in [0.15, 0.2) is 5.96 Å².